The molecule has 1 fully saturated rings. The average Bonchev–Trinajstić information content (AvgIpc) is 2.49. The molecule has 78 valence electrons. The van der Waals surface area contributed by atoms with Crippen LogP contribution in [-0.2, 0) is 5.41 Å². The molecule has 1 aromatic heterocycles. The lowest BCUT2D eigenvalue weighted by molar-refractivity contribution is 0.527. The van der Waals surface area contributed by atoms with Gasteiger partial charge < -0.3 is 0 Å². The van der Waals surface area contributed by atoms with Crippen LogP contribution >= 0.6 is 22.9 Å². The molecule has 1 saturated carbocycles. The average molecular weight is 229 g/mol. The predicted molar refractivity (Wildman–Crippen MR) is 64.4 cm³/mol. The first-order valence-electron chi connectivity index (χ1n) is 5.07. The summed E-state index contributed by atoms with van der Waals surface area (Å²) >= 11 is 7.95. The zero-order valence-electron chi connectivity index (χ0n) is 9.23. The molecule has 0 bridgehead atoms. The summed E-state index contributed by atoms with van der Waals surface area (Å²) in [6, 6.07) is 4.49. The van der Waals surface area contributed by atoms with Gasteiger partial charge in [-0.3, -0.25) is 0 Å². The third kappa shape index (κ3) is 1.12. The zero-order chi connectivity index (χ0) is 10.6. The Morgan fingerprint density at radius 2 is 2.00 bits per heavy atom. The Morgan fingerprint density at radius 1 is 1.36 bits per heavy atom. The lowest BCUT2D eigenvalue weighted by Crippen LogP contribution is -2.07. The molecule has 2 heteroatoms. The molecule has 0 aromatic carbocycles. The van der Waals surface area contributed by atoms with Crippen LogP contribution in [0.1, 0.15) is 30.5 Å². The minimum Gasteiger partial charge on any atom is -0.145 e. The zero-order valence-corrected chi connectivity index (χ0v) is 10.8. The highest BCUT2D eigenvalue weighted by Crippen LogP contribution is 2.70. The fourth-order valence-electron chi connectivity index (χ4n) is 2.65. The molecule has 14 heavy (non-hydrogen) atoms. The van der Waals surface area contributed by atoms with Crippen molar-refractivity contribution in [1.29, 1.82) is 0 Å². The molecule has 1 heterocycles. The number of halogens is 1. The van der Waals surface area contributed by atoms with Crippen molar-refractivity contribution in [3.8, 4) is 0 Å². The molecule has 1 aliphatic rings. The molecular weight excluding hydrogens is 212 g/mol. The Balaban J connectivity index is 2.36. The van der Waals surface area contributed by atoms with E-state index in [1.807, 2.05) is 11.3 Å². The van der Waals surface area contributed by atoms with Crippen molar-refractivity contribution in [2.45, 2.75) is 33.1 Å². The van der Waals surface area contributed by atoms with Gasteiger partial charge in [0.05, 0.1) is 0 Å². The molecule has 0 radical (unpaired) electrons. The molecule has 1 aromatic rings. The van der Waals surface area contributed by atoms with Crippen molar-refractivity contribution in [2.75, 3.05) is 5.88 Å². The van der Waals surface area contributed by atoms with Gasteiger partial charge in [-0.15, -0.1) is 22.9 Å². The Hall–Kier alpha value is -0.0100. The number of thiophene rings is 1. The van der Waals surface area contributed by atoms with E-state index in [-0.39, 0.29) is 0 Å². The molecule has 2 atom stereocenters. The van der Waals surface area contributed by atoms with Crippen LogP contribution in [0.4, 0.5) is 0 Å². The second kappa shape index (κ2) is 2.99. The van der Waals surface area contributed by atoms with E-state index in [9.17, 15) is 0 Å². The normalized spacial score (nSPS) is 34.5. The van der Waals surface area contributed by atoms with Crippen molar-refractivity contribution >= 4 is 22.9 Å². The van der Waals surface area contributed by atoms with Crippen LogP contribution in [0.15, 0.2) is 12.1 Å². The van der Waals surface area contributed by atoms with Crippen molar-refractivity contribution in [3.05, 3.63) is 21.9 Å². The van der Waals surface area contributed by atoms with E-state index < -0.39 is 0 Å². The van der Waals surface area contributed by atoms with E-state index in [0.717, 1.165) is 5.88 Å². The minimum absolute atomic E-state index is 0.313. The van der Waals surface area contributed by atoms with E-state index in [0.29, 0.717) is 16.7 Å². The van der Waals surface area contributed by atoms with Crippen LogP contribution in [0.3, 0.4) is 0 Å². The van der Waals surface area contributed by atoms with Gasteiger partial charge >= 0.3 is 0 Å². The minimum atomic E-state index is 0.313. The summed E-state index contributed by atoms with van der Waals surface area (Å²) < 4.78 is 0. The summed E-state index contributed by atoms with van der Waals surface area (Å²) in [5.74, 6) is 1.41. The molecule has 0 saturated heterocycles. The fourth-order valence-corrected chi connectivity index (χ4v) is 4.58. The quantitative estimate of drug-likeness (QED) is 0.666. The predicted octanol–water partition coefficient (Wildman–Crippen LogP) is 4.21. The lowest BCUT2D eigenvalue weighted by atomic mass is 9.96. The first-order valence-corrected chi connectivity index (χ1v) is 6.42. The van der Waals surface area contributed by atoms with E-state index in [2.05, 4.69) is 39.8 Å². The monoisotopic (exact) mass is 228 g/mol. The summed E-state index contributed by atoms with van der Waals surface area (Å²) in [4.78, 5) is 2.91. The van der Waals surface area contributed by atoms with Gasteiger partial charge in [0, 0.05) is 21.0 Å². The van der Waals surface area contributed by atoms with Gasteiger partial charge in [0.25, 0.3) is 0 Å². The van der Waals surface area contributed by atoms with E-state index >= 15 is 0 Å². The fraction of sp³-hybridized carbons (Fsp3) is 0.667. The molecule has 0 aliphatic heterocycles. The molecule has 0 N–H and O–H groups in total. The largest absolute Gasteiger partial charge is 0.145 e. The van der Waals surface area contributed by atoms with Crippen LogP contribution in [0, 0.1) is 18.3 Å². The molecule has 2 unspecified atom stereocenters. The van der Waals surface area contributed by atoms with Gasteiger partial charge in [0.15, 0.2) is 0 Å². The van der Waals surface area contributed by atoms with Gasteiger partial charge in [0.2, 0.25) is 0 Å². The summed E-state index contributed by atoms with van der Waals surface area (Å²) in [6.07, 6.45) is 0. The Morgan fingerprint density at radius 3 is 2.36 bits per heavy atom. The number of rotatable bonds is 2. The van der Waals surface area contributed by atoms with E-state index in [4.69, 9.17) is 11.6 Å². The summed E-state index contributed by atoms with van der Waals surface area (Å²) in [6.45, 7) is 9.18. The standard InChI is InChI=1S/C12H17ClS/c1-8-5-6-10(14-8)12(4)9(7-13)11(12,2)3/h5-6,9H,7H2,1-4H3. The number of alkyl halides is 1. The maximum atomic E-state index is 6.03. The van der Waals surface area contributed by atoms with Gasteiger partial charge in [-0.2, -0.15) is 0 Å². The van der Waals surface area contributed by atoms with Crippen LogP contribution in [0.25, 0.3) is 0 Å². The summed E-state index contributed by atoms with van der Waals surface area (Å²) in [5.41, 5.74) is 0.680. The highest BCUT2D eigenvalue weighted by Gasteiger charge is 2.68. The van der Waals surface area contributed by atoms with Crippen molar-refractivity contribution < 1.29 is 0 Å². The second-order valence-corrected chi connectivity index (χ2v) is 6.64. The molecule has 1 aliphatic carbocycles. The summed E-state index contributed by atoms with van der Waals surface area (Å²) in [5, 5.41) is 0. The lowest BCUT2D eigenvalue weighted by Gasteiger charge is -2.11. The van der Waals surface area contributed by atoms with Crippen LogP contribution in [0.5, 0.6) is 0 Å². The van der Waals surface area contributed by atoms with Crippen LogP contribution < -0.4 is 0 Å². The van der Waals surface area contributed by atoms with Crippen molar-refractivity contribution in [1.82, 2.24) is 0 Å². The number of hydrogen-bond donors (Lipinski definition) is 0. The Kier molecular flexibility index (Phi) is 2.24. The smallest absolute Gasteiger partial charge is 0.0266 e. The molecule has 0 amide bonds. The van der Waals surface area contributed by atoms with E-state index in [1.54, 1.807) is 0 Å². The Bertz CT molecular complexity index is 353. The molecule has 0 spiro atoms. The topological polar surface area (TPSA) is 0 Å². The highest BCUT2D eigenvalue weighted by atomic mass is 35.5. The summed E-state index contributed by atoms with van der Waals surface area (Å²) in [7, 11) is 0. The Labute approximate surface area is 95.3 Å². The van der Waals surface area contributed by atoms with Crippen LogP contribution in [-0.4, -0.2) is 5.88 Å². The van der Waals surface area contributed by atoms with Crippen molar-refractivity contribution in [2.24, 2.45) is 11.3 Å². The van der Waals surface area contributed by atoms with Crippen molar-refractivity contribution in [3.63, 3.8) is 0 Å². The van der Waals surface area contributed by atoms with Gasteiger partial charge in [-0.05, 0) is 30.4 Å². The van der Waals surface area contributed by atoms with Gasteiger partial charge in [-0.25, -0.2) is 0 Å². The SMILES string of the molecule is Cc1ccc(C2(C)C(CCl)C2(C)C)s1. The second-order valence-electron chi connectivity index (χ2n) is 5.04. The van der Waals surface area contributed by atoms with Crippen LogP contribution in [0.2, 0.25) is 0 Å². The molecule has 0 nitrogen and oxygen atoms in total. The molecule has 2 rings (SSSR count). The maximum absolute atomic E-state index is 6.03. The highest BCUT2D eigenvalue weighted by molar-refractivity contribution is 7.12. The maximum Gasteiger partial charge on any atom is 0.0266 e. The van der Waals surface area contributed by atoms with E-state index in [1.165, 1.54) is 9.75 Å². The third-order valence-corrected chi connectivity index (χ3v) is 5.78. The number of aryl methyl sites for hydroxylation is 1. The van der Waals surface area contributed by atoms with Gasteiger partial charge in [0.1, 0.15) is 0 Å². The first kappa shape index (κ1) is 10.5. The first-order chi connectivity index (χ1) is 6.44. The number of hydrogen-bond acceptors (Lipinski definition) is 1. The third-order valence-electron chi connectivity index (χ3n) is 4.23. The van der Waals surface area contributed by atoms with Gasteiger partial charge in [-0.1, -0.05) is 20.8 Å². The molecular formula is C12H17ClS.